The Labute approximate surface area is 219 Å². The van der Waals surface area contributed by atoms with Crippen molar-refractivity contribution in [2.45, 2.75) is 0 Å². The van der Waals surface area contributed by atoms with Crippen LogP contribution in [0.15, 0.2) is 0 Å². The summed E-state index contributed by atoms with van der Waals surface area (Å²) in [4.78, 5) is 14.0. The average Bonchev–Trinajstić information content (AvgIpc) is 2.65. The van der Waals surface area contributed by atoms with E-state index in [1.54, 1.807) is 39.2 Å². The fraction of sp³-hybridized carbons (Fsp3) is 0.800. The van der Waals surface area contributed by atoms with Crippen LogP contribution in [0.5, 0.6) is 0 Å². The largest absolute Gasteiger partial charge is 0.349 e. The average molecular weight is 531 g/mol. The van der Waals surface area contributed by atoms with E-state index in [0.717, 1.165) is 0 Å². The summed E-state index contributed by atoms with van der Waals surface area (Å²) in [6.07, 6.45) is 0. The minimum atomic E-state index is 0. The lowest BCUT2D eigenvalue weighted by atomic mass is 10.7. The van der Waals surface area contributed by atoms with E-state index in [1.165, 1.54) is 0 Å². The molecular formula is C20H56ClN12P. The number of nitrogens with one attached hydrogen (secondary N) is 4. The molecule has 0 aromatic carbocycles. The van der Waals surface area contributed by atoms with Crippen LogP contribution in [-0.4, -0.2) is 176 Å². The van der Waals surface area contributed by atoms with Crippen molar-refractivity contribution in [3.8, 4) is 0 Å². The molecule has 0 aliphatic heterocycles. The van der Waals surface area contributed by atoms with Gasteiger partial charge in [-0.15, -0.1) is 12.4 Å². The molecule has 0 aromatic rings. The van der Waals surface area contributed by atoms with Gasteiger partial charge in [-0.25, -0.2) is 0 Å². The van der Waals surface area contributed by atoms with E-state index in [9.17, 15) is 0 Å². The highest BCUT2D eigenvalue weighted by Crippen LogP contribution is 1.82. The Morgan fingerprint density at radius 2 is 0.353 bits per heavy atom. The van der Waals surface area contributed by atoms with Crippen LogP contribution < -0.4 is 0 Å². The van der Waals surface area contributed by atoms with E-state index in [0.29, 0.717) is 23.8 Å². The molecule has 0 spiro atoms. The molecule has 0 radical (unpaired) electrons. The Balaban J connectivity index is -0.0000000754. The standard InChI is InChI=1S/4C5H13N3.ClH.H3P/c4*1-7(2)5(6)8(3)4;;/h4*6H,1-4H3;1H;1H3. The first-order valence-corrected chi connectivity index (χ1v) is 9.94. The van der Waals surface area contributed by atoms with E-state index < -0.39 is 0 Å². The van der Waals surface area contributed by atoms with Crippen molar-refractivity contribution in [2.75, 3.05) is 113 Å². The van der Waals surface area contributed by atoms with Gasteiger partial charge >= 0.3 is 0 Å². The maximum atomic E-state index is 7.25. The molecule has 0 rings (SSSR count). The topological polar surface area (TPSA) is 121 Å². The molecule has 4 N–H and O–H groups in total. The zero-order chi connectivity index (χ0) is 26.9. The lowest BCUT2D eigenvalue weighted by molar-refractivity contribution is 0.478. The molecule has 0 aromatic heterocycles. The van der Waals surface area contributed by atoms with Crippen molar-refractivity contribution in [3.05, 3.63) is 0 Å². The second kappa shape index (κ2) is 23.9. The first-order valence-electron chi connectivity index (χ1n) is 9.94. The lowest BCUT2D eigenvalue weighted by Gasteiger charge is -2.19. The molecular weight excluding hydrogens is 475 g/mol. The highest BCUT2D eigenvalue weighted by Gasteiger charge is 1.99. The van der Waals surface area contributed by atoms with E-state index in [2.05, 4.69) is 0 Å². The number of hydrogen-bond acceptors (Lipinski definition) is 4. The van der Waals surface area contributed by atoms with Gasteiger partial charge in [-0.1, -0.05) is 0 Å². The van der Waals surface area contributed by atoms with Crippen LogP contribution in [0.2, 0.25) is 0 Å². The molecule has 0 amide bonds. The Kier molecular flexibility index (Phi) is 31.9. The summed E-state index contributed by atoms with van der Waals surface area (Å²) in [6.45, 7) is 0. The smallest absolute Gasteiger partial charge is 0.192 e. The summed E-state index contributed by atoms with van der Waals surface area (Å²) in [7, 11) is 29.6. The van der Waals surface area contributed by atoms with Crippen molar-refractivity contribution < 1.29 is 0 Å². The van der Waals surface area contributed by atoms with E-state index in [4.69, 9.17) is 21.6 Å². The first kappa shape index (κ1) is 45.3. The zero-order valence-electron chi connectivity index (χ0n) is 24.7. The molecule has 0 aliphatic rings. The van der Waals surface area contributed by atoms with Crippen LogP contribution in [0.25, 0.3) is 0 Å². The van der Waals surface area contributed by atoms with Crippen LogP contribution in [0.1, 0.15) is 0 Å². The fourth-order valence-electron chi connectivity index (χ4n) is 1.60. The van der Waals surface area contributed by atoms with Gasteiger partial charge in [0.05, 0.1) is 0 Å². The van der Waals surface area contributed by atoms with Gasteiger partial charge in [-0.2, -0.15) is 9.90 Å². The summed E-state index contributed by atoms with van der Waals surface area (Å²) in [5, 5.41) is 29.0. The maximum Gasteiger partial charge on any atom is 0.192 e. The Bertz CT molecular complexity index is 412. The van der Waals surface area contributed by atoms with Gasteiger partial charge in [-0.05, 0) is 0 Å². The summed E-state index contributed by atoms with van der Waals surface area (Å²) in [6, 6.07) is 0. The lowest BCUT2D eigenvalue weighted by Crippen LogP contribution is -2.34. The quantitative estimate of drug-likeness (QED) is 0.205. The van der Waals surface area contributed by atoms with E-state index >= 15 is 0 Å². The summed E-state index contributed by atoms with van der Waals surface area (Å²) in [5.41, 5.74) is 0. The number of hydrogen-bond donors (Lipinski definition) is 4. The van der Waals surface area contributed by atoms with Crippen molar-refractivity contribution in [1.29, 1.82) is 21.6 Å². The number of guanidine groups is 4. The normalized spacial score (nSPS) is 8.00. The third-order valence-corrected chi connectivity index (χ3v) is 3.39. The van der Waals surface area contributed by atoms with Crippen molar-refractivity contribution in [2.24, 2.45) is 0 Å². The second-order valence-electron chi connectivity index (χ2n) is 8.45. The molecule has 0 bridgehead atoms. The van der Waals surface area contributed by atoms with Gasteiger partial charge < -0.3 is 39.2 Å². The molecule has 0 saturated heterocycles. The molecule has 0 aliphatic carbocycles. The summed E-state index contributed by atoms with van der Waals surface area (Å²) < 4.78 is 0. The molecule has 12 nitrogen and oxygen atoms in total. The number of halogens is 1. The zero-order valence-corrected chi connectivity index (χ0v) is 26.9. The van der Waals surface area contributed by atoms with E-state index in [-0.39, 0.29) is 22.3 Å². The highest BCUT2D eigenvalue weighted by atomic mass is 35.5. The van der Waals surface area contributed by atoms with Crippen LogP contribution in [-0.2, 0) is 0 Å². The third kappa shape index (κ3) is 27.8. The molecule has 208 valence electrons. The monoisotopic (exact) mass is 530 g/mol. The third-order valence-electron chi connectivity index (χ3n) is 3.39. The Hall–Kier alpha value is -2.20. The predicted octanol–water partition coefficient (Wildman–Crippen LogP) is 0.657. The maximum absolute atomic E-state index is 7.25. The molecule has 34 heavy (non-hydrogen) atoms. The van der Waals surface area contributed by atoms with Crippen molar-refractivity contribution in [3.63, 3.8) is 0 Å². The molecule has 0 fully saturated rings. The Morgan fingerprint density at radius 3 is 0.353 bits per heavy atom. The predicted molar refractivity (Wildman–Crippen MR) is 159 cm³/mol. The van der Waals surface area contributed by atoms with Crippen LogP contribution in [0.4, 0.5) is 0 Å². The summed E-state index contributed by atoms with van der Waals surface area (Å²) >= 11 is 0. The minimum absolute atomic E-state index is 0. The van der Waals surface area contributed by atoms with E-state index in [1.807, 2.05) is 113 Å². The molecule has 1 unspecified atom stereocenters. The Morgan fingerprint density at radius 1 is 0.294 bits per heavy atom. The van der Waals surface area contributed by atoms with Gasteiger partial charge in [0.2, 0.25) is 0 Å². The second-order valence-corrected chi connectivity index (χ2v) is 8.45. The molecule has 0 saturated carbocycles. The van der Waals surface area contributed by atoms with Gasteiger partial charge in [0, 0.05) is 113 Å². The van der Waals surface area contributed by atoms with Crippen molar-refractivity contribution in [1.82, 2.24) is 39.2 Å². The molecule has 14 heteroatoms. The number of nitrogens with zero attached hydrogens (tertiary/aromatic N) is 8. The SMILES string of the molecule is CN(C)C(=N)N(C)C.CN(C)C(=N)N(C)C.CN(C)C(=N)N(C)C.CN(C)C(=N)N(C)C.Cl.P. The minimum Gasteiger partial charge on any atom is -0.349 e. The molecule has 1 atom stereocenters. The van der Waals surface area contributed by atoms with Crippen LogP contribution >= 0.6 is 22.3 Å². The molecule has 0 heterocycles. The van der Waals surface area contributed by atoms with Gasteiger partial charge in [-0.3, -0.25) is 21.6 Å². The summed E-state index contributed by atoms with van der Waals surface area (Å²) in [5.74, 6) is 2.07. The first-order chi connectivity index (χ1) is 14.2. The fourth-order valence-corrected chi connectivity index (χ4v) is 1.60. The van der Waals surface area contributed by atoms with Gasteiger partial charge in [0.1, 0.15) is 0 Å². The van der Waals surface area contributed by atoms with Gasteiger partial charge in [0.15, 0.2) is 23.8 Å². The number of rotatable bonds is 0. The van der Waals surface area contributed by atoms with Crippen LogP contribution in [0, 0.1) is 21.6 Å². The van der Waals surface area contributed by atoms with Crippen LogP contribution in [0.3, 0.4) is 0 Å². The highest BCUT2D eigenvalue weighted by molar-refractivity contribution is 6.92. The van der Waals surface area contributed by atoms with Crippen molar-refractivity contribution >= 4 is 46.1 Å². The van der Waals surface area contributed by atoms with Gasteiger partial charge in [0.25, 0.3) is 0 Å².